The van der Waals surface area contributed by atoms with Crippen molar-refractivity contribution in [2.24, 2.45) is 0 Å². The number of nitrogens with zero attached hydrogens (tertiary/aromatic N) is 2. The lowest BCUT2D eigenvalue weighted by Gasteiger charge is -2.13. The Kier molecular flexibility index (Phi) is 4.59. The number of rotatable bonds is 4. The van der Waals surface area contributed by atoms with Gasteiger partial charge in [-0.2, -0.15) is 0 Å². The van der Waals surface area contributed by atoms with E-state index in [0.717, 1.165) is 14.5 Å². The molecule has 0 saturated carbocycles. The zero-order valence-corrected chi connectivity index (χ0v) is 15.6. The first-order chi connectivity index (χ1) is 11.8. The van der Waals surface area contributed by atoms with Crippen LogP contribution in [-0.2, 0) is 10.0 Å². The van der Waals surface area contributed by atoms with E-state index in [4.69, 9.17) is 0 Å². The number of aryl methyl sites for hydroxylation is 1. The van der Waals surface area contributed by atoms with Gasteiger partial charge in [0.05, 0.1) is 15.1 Å². The fourth-order valence-electron chi connectivity index (χ4n) is 2.31. The number of fused-ring (bicyclic) bond motifs is 1. The largest absolute Gasteiger partial charge is 0.298 e. The Balaban J connectivity index is 1.94. The highest BCUT2D eigenvalue weighted by molar-refractivity contribution is 7.89. The van der Waals surface area contributed by atoms with E-state index in [2.05, 4.69) is 10.3 Å². The Labute approximate surface area is 150 Å². The molecule has 25 heavy (non-hydrogen) atoms. The number of aromatic nitrogens is 1. The number of hydrogen-bond acceptors (Lipinski definition) is 5. The lowest BCUT2D eigenvalue weighted by atomic mass is 10.1. The van der Waals surface area contributed by atoms with Crippen LogP contribution in [0.3, 0.4) is 0 Å². The molecule has 0 atom stereocenters. The Bertz CT molecular complexity index is 1020. The van der Waals surface area contributed by atoms with Gasteiger partial charge in [-0.05, 0) is 36.8 Å². The molecule has 0 fully saturated rings. The summed E-state index contributed by atoms with van der Waals surface area (Å²) < 4.78 is 26.6. The van der Waals surface area contributed by atoms with Crippen LogP contribution in [0.15, 0.2) is 47.4 Å². The minimum absolute atomic E-state index is 0.0811. The normalized spacial score (nSPS) is 11.8. The van der Waals surface area contributed by atoms with E-state index >= 15 is 0 Å². The molecule has 0 aliphatic carbocycles. The SMILES string of the molecule is Cc1ccc(S(=O)(=O)N(C)C)cc1C(=O)Nc1nc2ccccc2s1. The van der Waals surface area contributed by atoms with E-state index < -0.39 is 10.0 Å². The van der Waals surface area contributed by atoms with Gasteiger partial charge < -0.3 is 0 Å². The quantitative estimate of drug-likeness (QED) is 0.760. The number of para-hydroxylation sites is 1. The molecular formula is C17H17N3O3S2. The molecule has 0 aliphatic rings. The van der Waals surface area contributed by atoms with Crippen molar-refractivity contribution in [3.05, 3.63) is 53.6 Å². The molecule has 3 aromatic rings. The van der Waals surface area contributed by atoms with E-state index in [1.165, 1.54) is 37.6 Å². The summed E-state index contributed by atoms with van der Waals surface area (Å²) in [5, 5.41) is 3.23. The number of sulfonamides is 1. The summed E-state index contributed by atoms with van der Waals surface area (Å²) in [7, 11) is -0.694. The molecule has 0 bridgehead atoms. The molecular weight excluding hydrogens is 358 g/mol. The first kappa shape index (κ1) is 17.5. The second-order valence-corrected chi connectivity index (χ2v) is 8.89. The van der Waals surface area contributed by atoms with Crippen LogP contribution in [0.25, 0.3) is 10.2 Å². The molecule has 1 amide bonds. The Hall–Kier alpha value is -2.29. The third-order valence-corrected chi connectivity index (χ3v) is 6.51. The predicted molar refractivity (Wildman–Crippen MR) is 99.6 cm³/mol. The van der Waals surface area contributed by atoms with Gasteiger partial charge >= 0.3 is 0 Å². The van der Waals surface area contributed by atoms with Crippen molar-refractivity contribution in [1.29, 1.82) is 0 Å². The zero-order chi connectivity index (χ0) is 18.2. The van der Waals surface area contributed by atoms with Crippen molar-refractivity contribution in [3.8, 4) is 0 Å². The lowest BCUT2D eigenvalue weighted by Crippen LogP contribution is -2.23. The molecule has 1 heterocycles. The Morgan fingerprint density at radius 1 is 1.16 bits per heavy atom. The molecule has 0 radical (unpaired) electrons. The number of anilines is 1. The molecule has 1 aromatic heterocycles. The molecule has 6 nitrogen and oxygen atoms in total. The van der Waals surface area contributed by atoms with Crippen molar-refractivity contribution in [3.63, 3.8) is 0 Å². The molecule has 0 aliphatic heterocycles. The maximum Gasteiger partial charge on any atom is 0.257 e. The predicted octanol–water partition coefficient (Wildman–Crippen LogP) is 3.11. The number of nitrogens with one attached hydrogen (secondary N) is 1. The van der Waals surface area contributed by atoms with E-state index in [1.807, 2.05) is 24.3 Å². The van der Waals surface area contributed by atoms with Gasteiger partial charge in [-0.1, -0.05) is 29.5 Å². The smallest absolute Gasteiger partial charge is 0.257 e. The zero-order valence-electron chi connectivity index (χ0n) is 14.0. The second-order valence-electron chi connectivity index (χ2n) is 5.71. The van der Waals surface area contributed by atoms with Gasteiger partial charge in [0.1, 0.15) is 0 Å². The first-order valence-electron chi connectivity index (χ1n) is 7.49. The number of hydrogen-bond donors (Lipinski definition) is 1. The van der Waals surface area contributed by atoms with Crippen LogP contribution in [0.5, 0.6) is 0 Å². The fraction of sp³-hybridized carbons (Fsp3) is 0.176. The third kappa shape index (κ3) is 3.41. The Morgan fingerprint density at radius 2 is 1.88 bits per heavy atom. The monoisotopic (exact) mass is 375 g/mol. The molecule has 2 aromatic carbocycles. The summed E-state index contributed by atoms with van der Waals surface area (Å²) in [5.74, 6) is -0.382. The van der Waals surface area contributed by atoms with Crippen LogP contribution in [0.4, 0.5) is 5.13 Å². The molecule has 0 saturated heterocycles. The molecule has 8 heteroatoms. The van der Waals surface area contributed by atoms with Gasteiger partial charge in [0.2, 0.25) is 10.0 Å². The van der Waals surface area contributed by atoms with E-state index in [-0.39, 0.29) is 10.8 Å². The lowest BCUT2D eigenvalue weighted by molar-refractivity contribution is 0.102. The van der Waals surface area contributed by atoms with Gasteiger partial charge in [0.15, 0.2) is 5.13 Å². The van der Waals surface area contributed by atoms with Crippen LogP contribution in [0.1, 0.15) is 15.9 Å². The van der Waals surface area contributed by atoms with Crippen LogP contribution in [0, 0.1) is 6.92 Å². The molecule has 1 N–H and O–H groups in total. The fourth-order valence-corrected chi connectivity index (χ4v) is 4.10. The second kappa shape index (κ2) is 6.55. The number of benzene rings is 2. The minimum atomic E-state index is -3.60. The van der Waals surface area contributed by atoms with Gasteiger partial charge in [0, 0.05) is 19.7 Å². The summed E-state index contributed by atoms with van der Waals surface area (Å²) in [6.07, 6.45) is 0. The molecule has 3 rings (SSSR count). The number of carbonyl (C=O) groups is 1. The summed E-state index contributed by atoms with van der Waals surface area (Å²) in [6.45, 7) is 1.76. The summed E-state index contributed by atoms with van der Waals surface area (Å²) in [6, 6.07) is 12.1. The third-order valence-electron chi connectivity index (χ3n) is 3.75. The number of thiazole rings is 1. The standard InChI is InChI=1S/C17H17N3O3S2/c1-11-8-9-12(25(22,23)20(2)3)10-13(11)16(21)19-17-18-14-6-4-5-7-15(14)24-17/h4-10H,1-3H3,(H,18,19,21). The summed E-state index contributed by atoms with van der Waals surface area (Å²) in [4.78, 5) is 17.1. The van der Waals surface area contributed by atoms with Crippen LogP contribution in [-0.4, -0.2) is 37.7 Å². The maximum atomic E-state index is 12.6. The van der Waals surface area contributed by atoms with E-state index in [1.54, 1.807) is 13.0 Å². The van der Waals surface area contributed by atoms with E-state index in [0.29, 0.717) is 16.3 Å². The maximum absolute atomic E-state index is 12.6. The van der Waals surface area contributed by atoms with Gasteiger partial charge in [-0.15, -0.1) is 0 Å². The number of amides is 1. The van der Waals surface area contributed by atoms with E-state index in [9.17, 15) is 13.2 Å². The van der Waals surface area contributed by atoms with Gasteiger partial charge in [-0.25, -0.2) is 17.7 Å². The average molecular weight is 375 g/mol. The van der Waals surface area contributed by atoms with Gasteiger partial charge in [0.25, 0.3) is 5.91 Å². The highest BCUT2D eigenvalue weighted by Crippen LogP contribution is 2.26. The van der Waals surface area contributed by atoms with Crippen molar-refractivity contribution in [1.82, 2.24) is 9.29 Å². The summed E-state index contributed by atoms with van der Waals surface area (Å²) >= 11 is 1.37. The van der Waals surface area contributed by atoms with Crippen molar-refractivity contribution in [2.75, 3.05) is 19.4 Å². The topological polar surface area (TPSA) is 79.4 Å². The highest BCUT2D eigenvalue weighted by atomic mass is 32.2. The van der Waals surface area contributed by atoms with Crippen molar-refractivity contribution >= 4 is 42.6 Å². The Morgan fingerprint density at radius 3 is 2.56 bits per heavy atom. The number of carbonyl (C=O) groups excluding carboxylic acids is 1. The summed E-state index contributed by atoms with van der Waals surface area (Å²) in [5.41, 5.74) is 1.81. The van der Waals surface area contributed by atoms with Gasteiger partial charge in [-0.3, -0.25) is 10.1 Å². The van der Waals surface area contributed by atoms with Crippen LogP contribution < -0.4 is 5.32 Å². The molecule has 0 spiro atoms. The first-order valence-corrected chi connectivity index (χ1v) is 9.75. The van der Waals surface area contributed by atoms with Crippen molar-refractivity contribution < 1.29 is 13.2 Å². The molecule has 0 unspecified atom stereocenters. The minimum Gasteiger partial charge on any atom is -0.298 e. The average Bonchev–Trinajstić information content (AvgIpc) is 2.96. The van der Waals surface area contributed by atoms with Crippen LogP contribution in [0.2, 0.25) is 0 Å². The van der Waals surface area contributed by atoms with Crippen molar-refractivity contribution in [2.45, 2.75) is 11.8 Å². The molecule has 130 valence electrons. The highest BCUT2D eigenvalue weighted by Gasteiger charge is 2.20. The van der Waals surface area contributed by atoms with Crippen LogP contribution >= 0.6 is 11.3 Å².